The molecule has 0 atom stereocenters. The smallest absolute Gasteiger partial charge is 0.403 e. The highest BCUT2D eigenvalue weighted by molar-refractivity contribution is 5.99. The van der Waals surface area contributed by atoms with Gasteiger partial charge in [0.1, 0.15) is 5.82 Å². The number of allylic oxidation sites excluding steroid dienone is 1. The Morgan fingerprint density at radius 3 is 2.42 bits per heavy atom. The highest BCUT2D eigenvalue weighted by Gasteiger charge is 2.30. The third kappa shape index (κ3) is 6.87. The van der Waals surface area contributed by atoms with Crippen molar-refractivity contribution in [2.24, 2.45) is 10.7 Å². The second-order valence-corrected chi connectivity index (χ2v) is 8.11. The third-order valence-corrected chi connectivity index (χ3v) is 5.20. The molecule has 0 aliphatic carbocycles. The number of aromatic nitrogens is 2. The number of anilines is 5. The van der Waals surface area contributed by atoms with E-state index in [2.05, 4.69) is 37.5 Å². The van der Waals surface area contributed by atoms with E-state index in [1.54, 1.807) is 25.2 Å². The molecule has 5 N–H and O–H groups in total. The summed E-state index contributed by atoms with van der Waals surface area (Å²) in [5.74, 6) is 0.0795. The number of rotatable bonds is 9. The molecule has 12 heteroatoms. The molecule has 0 saturated heterocycles. The van der Waals surface area contributed by atoms with Gasteiger partial charge in [-0.1, -0.05) is 18.7 Å². The lowest BCUT2D eigenvalue weighted by Crippen LogP contribution is -2.13. The monoisotopic (exact) mass is 524 g/mol. The number of hydrogen-bond acceptors (Lipinski definition) is 8. The lowest BCUT2D eigenvalue weighted by Gasteiger charge is -2.21. The first-order chi connectivity index (χ1) is 18.0. The summed E-state index contributed by atoms with van der Waals surface area (Å²) in [5, 5.41) is 8.89. The molecular formula is C26H27F3N8O. The summed E-state index contributed by atoms with van der Waals surface area (Å²) < 4.78 is 39.4. The van der Waals surface area contributed by atoms with Gasteiger partial charge in [-0.25, -0.2) is 4.98 Å². The number of carbonyl (C=O) groups is 1. The Labute approximate surface area is 218 Å². The van der Waals surface area contributed by atoms with Crippen LogP contribution in [0.25, 0.3) is 11.1 Å². The standard InChI is InChI=1S/C26H27F3N8O/c1-5-23(38)33-18-10-11-22(37(3)4)21(12-18)35-24-20(16-6-8-17(9-7-16)26(27,28)29)15-32-25(36-24)34-19(13-30)14-31-2/h5-15H,1,30H2,2-4H3,(H,33,38)(H2,32,34,35,36)/b19-13+,31-14?. The van der Waals surface area contributed by atoms with E-state index in [0.717, 1.165) is 23.9 Å². The second-order valence-electron chi connectivity index (χ2n) is 8.11. The zero-order chi connectivity index (χ0) is 27.9. The van der Waals surface area contributed by atoms with Crippen molar-refractivity contribution < 1.29 is 18.0 Å². The van der Waals surface area contributed by atoms with Crippen LogP contribution in [-0.2, 0) is 11.0 Å². The van der Waals surface area contributed by atoms with Crippen molar-refractivity contribution in [1.29, 1.82) is 0 Å². The molecule has 0 saturated carbocycles. The Hall–Kier alpha value is -4.87. The normalized spacial score (nSPS) is 11.8. The number of halogens is 3. The molecular weight excluding hydrogens is 497 g/mol. The van der Waals surface area contributed by atoms with Crippen molar-refractivity contribution in [2.75, 3.05) is 42.0 Å². The minimum absolute atomic E-state index is 0.169. The number of hydrogen-bond donors (Lipinski definition) is 4. The average molecular weight is 525 g/mol. The fourth-order valence-electron chi connectivity index (χ4n) is 3.40. The van der Waals surface area contributed by atoms with Crippen LogP contribution in [0.5, 0.6) is 0 Å². The van der Waals surface area contributed by atoms with Gasteiger partial charge in [-0.15, -0.1) is 0 Å². The summed E-state index contributed by atoms with van der Waals surface area (Å²) in [4.78, 5) is 26.5. The van der Waals surface area contributed by atoms with E-state index in [1.807, 2.05) is 19.0 Å². The Bertz CT molecular complexity index is 1370. The number of amides is 1. The Balaban J connectivity index is 2.12. The molecule has 0 aliphatic heterocycles. The number of carbonyl (C=O) groups excluding carboxylic acids is 1. The maximum absolute atomic E-state index is 13.1. The van der Waals surface area contributed by atoms with Gasteiger partial charge in [0.05, 0.1) is 22.6 Å². The summed E-state index contributed by atoms with van der Waals surface area (Å²) in [6, 6.07) is 9.92. The molecule has 3 aromatic rings. The maximum atomic E-state index is 13.1. The molecule has 3 rings (SSSR count). The van der Waals surface area contributed by atoms with Crippen molar-refractivity contribution in [3.8, 4) is 11.1 Å². The molecule has 0 bridgehead atoms. The number of aliphatic imine (C=N–C) groups is 1. The number of nitrogens with two attached hydrogens (primary N) is 1. The van der Waals surface area contributed by atoms with Crippen LogP contribution >= 0.6 is 0 Å². The summed E-state index contributed by atoms with van der Waals surface area (Å²) >= 11 is 0. The summed E-state index contributed by atoms with van der Waals surface area (Å²) in [6.07, 6.45) is 0.947. The van der Waals surface area contributed by atoms with Gasteiger partial charge in [-0.3, -0.25) is 9.79 Å². The molecule has 0 unspecified atom stereocenters. The minimum atomic E-state index is -4.47. The average Bonchev–Trinajstić information content (AvgIpc) is 2.88. The van der Waals surface area contributed by atoms with E-state index < -0.39 is 11.7 Å². The maximum Gasteiger partial charge on any atom is 0.416 e. The van der Waals surface area contributed by atoms with E-state index in [4.69, 9.17) is 5.73 Å². The molecule has 0 aliphatic rings. The van der Waals surface area contributed by atoms with Crippen LogP contribution in [0.1, 0.15) is 5.56 Å². The lowest BCUT2D eigenvalue weighted by molar-refractivity contribution is -0.137. The van der Waals surface area contributed by atoms with Gasteiger partial charge in [0, 0.05) is 51.0 Å². The van der Waals surface area contributed by atoms with Crippen LogP contribution in [0.15, 0.2) is 78.2 Å². The van der Waals surface area contributed by atoms with Crippen molar-refractivity contribution in [3.63, 3.8) is 0 Å². The van der Waals surface area contributed by atoms with Crippen LogP contribution in [-0.4, -0.2) is 43.2 Å². The number of nitrogens with zero attached hydrogens (tertiary/aromatic N) is 4. The summed E-state index contributed by atoms with van der Waals surface area (Å²) in [5.41, 5.74) is 8.02. The first-order valence-electron chi connectivity index (χ1n) is 11.2. The fraction of sp³-hybridized carbons (Fsp3) is 0.154. The molecule has 2 aromatic carbocycles. The first kappa shape index (κ1) is 27.7. The van der Waals surface area contributed by atoms with Gasteiger partial charge in [0.2, 0.25) is 11.9 Å². The van der Waals surface area contributed by atoms with Crippen molar-refractivity contribution in [3.05, 3.63) is 78.8 Å². The van der Waals surface area contributed by atoms with Crippen molar-refractivity contribution in [1.82, 2.24) is 9.97 Å². The topological polar surface area (TPSA) is 121 Å². The van der Waals surface area contributed by atoms with Crippen LogP contribution in [0, 0.1) is 0 Å². The molecule has 1 aromatic heterocycles. The van der Waals surface area contributed by atoms with Gasteiger partial charge in [-0.2, -0.15) is 18.2 Å². The SMILES string of the molecule is C=CC(=O)Nc1ccc(N(C)C)c(Nc2nc(N/C(C=NC)=C/N)ncc2-c2ccc(C(F)(F)F)cc2)c1. The largest absolute Gasteiger partial charge is 0.416 e. The van der Waals surface area contributed by atoms with E-state index in [1.165, 1.54) is 30.7 Å². The third-order valence-electron chi connectivity index (χ3n) is 5.20. The lowest BCUT2D eigenvalue weighted by atomic mass is 10.1. The van der Waals surface area contributed by atoms with Crippen molar-refractivity contribution in [2.45, 2.75) is 6.18 Å². The molecule has 1 heterocycles. The Morgan fingerprint density at radius 1 is 1.13 bits per heavy atom. The van der Waals surface area contributed by atoms with E-state index in [-0.39, 0.29) is 11.9 Å². The van der Waals surface area contributed by atoms with E-state index >= 15 is 0 Å². The van der Waals surface area contributed by atoms with E-state index in [9.17, 15) is 18.0 Å². The van der Waals surface area contributed by atoms with Gasteiger partial charge in [0.25, 0.3) is 0 Å². The Morgan fingerprint density at radius 2 is 1.84 bits per heavy atom. The highest BCUT2D eigenvalue weighted by atomic mass is 19.4. The fourth-order valence-corrected chi connectivity index (χ4v) is 3.40. The van der Waals surface area contributed by atoms with Gasteiger partial charge < -0.3 is 26.6 Å². The quantitative estimate of drug-likeness (QED) is 0.229. The summed E-state index contributed by atoms with van der Waals surface area (Å²) in [7, 11) is 5.26. The highest BCUT2D eigenvalue weighted by Crippen LogP contribution is 2.36. The first-order valence-corrected chi connectivity index (χ1v) is 11.2. The molecule has 0 fully saturated rings. The number of alkyl halides is 3. The summed E-state index contributed by atoms with van der Waals surface area (Å²) in [6.45, 7) is 3.46. The van der Waals surface area contributed by atoms with Gasteiger partial charge in [-0.05, 0) is 42.0 Å². The molecule has 198 valence electrons. The predicted octanol–water partition coefficient (Wildman–Crippen LogP) is 5.01. The minimum Gasteiger partial charge on any atom is -0.403 e. The van der Waals surface area contributed by atoms with Crippen LogP contribution < -0.4 is 26.6 Å². The predicted molar refractivity (Wildman–Crippen MR) is 146 cm³/mol. The molecule has 0 spiro atoms. The van der Waals surface area contributed by atoms with Crippen LogP contribution in [0.2, 0.25) is 0 Å². The van der Waals surface area contributed by atoms with Crippen molar-refractivity contribution >= 4 is 41.0 Å². The van der Waals surface area contributed by atoms with E-state index in [0.29, 0.717) is 34.0 Å². The van der Waals surface area contributed by atoms with Crippen LogP contribution in [0.3, 0.4) is 0 Å². The van der Waals surface area contributed by atoms with Gasteiger partial charge >= 0.3 is 6.18 Å². The molecule has 1 amide bonds. The molecule has 9 nitrogen and oxygen atoms in total. The van der Waals surface area contributed by atoms with Gasteiger partial charge in [0.15, 0.2) is 0 Å². The number of benzene rings is 2. The number of nitrogens with one attached hydrogen (secondary N) is 3. The van der Waals surface area contributed by atoms with Crippen LogP contribution in [0.4, 0.5) is 42.0 Å². The zero-order valence-corrected chi connectivity index (χ0v) is 21.0. The zero-order valence-electron chi connectivity index (χ0n) is 21.0. The molecule has 38 heavy (non-hydrogen) atoms. The Kier molecular flexibility index (Phi) is 8.69. The second kappa shape index (κ2) is 11.9. The molecule has 0 radical (unpaired) electrons.